The van der Waals surface area contributed by atoms with Crippen molar-refractivity contribution >= 4 is 23.6 Å². The Morgan fingerprint density at radius 1 is 1.11 bits per heavy atom. The van der Waals surface area contributed by atoms with Crippen molar-refractivity contribution in [2.45, 2.75) is 65.5 Å². The van der Waals surface area contributed by atoms with Gasteiger partial charge in [0, 0.05) is 30.8 Å². The number of hydrogen-bond donors (Lipinski definition) is 2. The van der Waals surface area contributed by atoms with E-state index in [1.165, 1.54) is 11.6 Å². The fraction of sp³-hybridized carbons (Fsp3) is 0.393. The van der Waals surface area contributed by atoms with E-state index in [-0.39, 0.29) is 17.4 Å². The minimum atomic E-state index is -0.642. The first-order valence-corrected chi connectivity index (χ1v) is 12.7. The number of pyridine rings is 1. The van der Waals surface area contributed by atoms with Crippen LogP contribution in [0, 0.1) is 6.92 Å². The fourth-order valence-corrected chi connectivity index (χ4v) is 4.53. The number of aryl methyl sites for hydroxylation is 1. The largest absolute Gasteiger partial charge is 0.444 e. The number of hydrogen-bond acceptors (Lipinski definition) is 7. The summed E-state index contributed by atoms with van der Waals surface area (Å²) in [7, 11) is 0. The molecule has 0 unspecified atom stereocenters. The highest BCUT2D eigenvalue weighted by atomic mass is 16.6. The van der Waals surface area contributed by atoms with Crippen LogP contribution in [0.2, 0.25) is 0 Å². The Balaban J connectivity index is 1.64. The number of ketones is 1. The van der Waals surface area contributed by atoms with E-state index >= 15 is 0 Å². The Kier molecular flexibility index (Phi) is 7.52. The predicted molar refractivity (Wildman–Crippen MR) is 144 cm³/mol. The van der Waals surface area contributed by atoms with Crippen LogP contribution >= 0.6 is 0 Å². The summed E-state index contributed by atoms with van der Waals surface area (Å²) in [6.07, 6.45) is 3.58. The number of benzene rings is 1. The minimum absolute atomic E-state index is 0.232. The van der Waals surface area contributed by atoms with Crippen LogP contribution in [-0.4, -0.2) is 49.5 Å². The zero-order chi connectivity index (χ0) is 27.6. The third-order valence-electron chi connectivity index (χ3n) is 6.28. The quantitative estimate of drug-likeness (QED) is 0.363. The highest BCUT2D eigenvalue weighted by molar-refractivity contribution is 6.04. The molecule has 1 saturated heterocycles. The Morgan fingerprint density at radius 3 is 2.45 bits per heavy atom. The second-order valence-corrected chi connectivity index (χ2v) is 10.5. The van der Waals surface area contributed by atoms with Crippen molar-refractivity contribution in [2.24, 2.45) is 0 Å². The lowest BCUT2D eigenvalue weighted by atomic mass is 10.0. The number of imidazole rings is 1. The molecule has 3 heterocycles. The molecule has 0 saturated carbocycles. The Morgan fingerprint density at radius 2 is 1.82 bits per heavy atom. The minimum Gasteiger partial charge on any atom is -0.444 e. The molecule has 3 aromatic rings. The summed E-state index contributed by atoms with van der Waals surface area (Å²) < 4.78 is 6.91. The van der Waals surface area contributed by atoms with E-state index in [0.717, 1.165) is 18.4 Å². The second-order valence-electron chi connectivity index (χ2n) is 10.5. The lowest BCUT2D eigenvalue weighted by molar-refractivity contribution is 0.00821. The molecule has 2 aromatic heterocycles. The fourth-order valence-electron chi connectivity index (χ4n) is 4.53. The molecule has 0 spiro atoms. The number of Topliss-reactive ketones (excluding diaryl/α,β-unsaturated/α-hetero) is 1. The lowest BCUT2D eigenvalue weighted by Crippen LogP contribution is -2.43. The summed E-state index contributed by atoms with van der Waals surface area (Å²) >= 11 is 0. The molecular weight excluding hydrogens is 484 g/mol. The maximum atomic E-state index is 13.0. The monoisotopic (exact) mass is 518 g/mol. The van der Waals surface area contributed by atoms with Crippen LogP contribution in [0.5, 0.6) is 0 Å². The maximum Gasteiger partial charge on any atom is 0.410 e. The van der Waals surface area contributed by atoms with Gasteiger partial charge in [-0.25, -0.2) is 19.4 Å². The number of ether oxygens (including phenoxy) is 1. The van der Waals surface area contributed by atoms with Gasteiger partial charge in [0.25, 0.3) is 5.91 Å². The number of aromatic nitrogens is 3. The summed E-state index contributed by atoms with van der Waals surface area (Å²) in [6.45, 7) is 9.32. The number of nitrogens with two attached hydrogens (primary N) is 1. The number of nitrogen functional groups attached to an aromatic ring is 1. The summed E-state index contributed by atoms with van der Waals surface area (Å²) in [5.41, 5.74) is 2.03. The smallest absolute Gasteiger partial charge is 0.410 e. The lowest BCUT2D eigenvalue weighted by Gasteiger charge is -2.36. The Hall–Kier alpha value is -4.21. The van der Waals surface area contributed by atoms with Crippen LogP contribution in [0.25, 0.3) is 11.3 Å². The van der Waals surface area contributed by atoms with E-state index in [0.29, 0.717) is 41.4 Å². The van der Waals surface area contributed by atoms with Gasteiger partial charge in [-0.1, -0.05) is 12.1 Å². The summed E-state index contributed by atoms with van der Waals surface area (Å²) in [6, 6.07) is 9.98. The number of rotatable bonds is 5. The normalized spacial score (nSPS) is 15.7. The van der Waals surface area contributed by atoms with E-state index in [1.54, 1.807) is 41.4 Å². The molecule has 3 N–H and O–H groups in total. The molecule has 10 heteroatoms. The first kappa shape index (κ1) is 26.8. The molecule has 0 bridgehead atoms. The molecule has 1 fully saturated rings. The van der Waals surface area contributed by atoms with Crippen LogP contribution in [0.1, 0.15) is 85.2 Å². The first-order valence-electron chi connectivity index (χ1n) is 12.7. The van der Waals surface area contributed by atoms with Gasteiger partial charge in [0.2, 0.25) is 0 Å². The van der Waals surface area contributed by atoms with Crippen LogP contribution < -0.4 is 11.2 Å². The average molecular weight is 519 g/mol. The highest BCUT2D eigenvalue weighted by Gasteiger charge is 2.36. The topological polar surface area (TPSA) is 132 Å². The standard InChI is InChI=1S/C28H34N6O4/c1-17-13-14-30-22(16-17)31-26(36)20-11-9-19(10-12-20)23-24(18(2)35)34(29)25(32-23)21-8-6-7-15-33(21)27(37)38-28(3,4)5/h9-14,16,21H,6-8,15,29H2,1-5H3,(H,30,31,36)/t21-/m0/s1. The molecule has 4 rings (SSSR count). The van der Waals surface area contributed by atoms with E-state index < -0.39 is 17.7 Å². The van der Waals surface area contributed by atoms with Crippen molar-refractivity contribution in [3.05, 3.63) is 65.2 Å². The zero-order valence-corrected chi connectivity index (χ0v) is 22.4. The molecule has 1 aliphatic heterocycles. The van der Waals surface area contributed by atoms with Crippen molar-refractivity contribution in [2.75, 3.05) is 17.7 Å². The first-order chi connectivity index (χ1) is 17.9. The molecule has 1 aromatic carbocycles. The molecule has 10 nitrogen and oxygen atoms in total. The molecule has 0 aliphatic carbocycles. The van der Waals surface area contributed by atoms with Crippen molar-refractivity contribution in [1.82, 2.24) is 19.5 Å². The van der Waals surface area contributed by atoms with Crippen molar-refractivity contribution in [3.63, 3.8) is 0 Å². The summed E-state index contributed by atoms with van der Waals surface area (Å²) in [4.78, 5) is 48.9. The van der Waals surface area contributed by atoms with Crippen LogP contribution in [0.15, 0.2) is 42.6 Å². The zero-order valence-electron chi connectivity index (χ0n) is 22.4. The van der Waals surface area contributed by atoms with Gasteiger partial charge in [0.1, 0.15) is 22.8 Å². The molecule has 200 valence electrons. The number of likely N-dealkylation sites (tertiary alicyclic amines) is 1. The van der Waals surface area contributed by atoms with Gasteiger partial charge in [0.15, 0.2) is 11.6 Å². The number of nitrogens with one attached hydrogen (secondary N) is 1. The van der Waals surface area contributed by atoms with E-state index in [2.05, 4.69) is 10.3 Å². The van der Waals surface area contributed by atoms with Gasteiger partial charge < -0.3 is 15.9 Å². The van der Waals surface area contributed by atoms with Gasteiger partial charge in [-0.05, 0) is 76.8 Å². The summed E-state index contributed by atoms with van der Waals surface area (Å²) in [5, 5.41) is 2.78. The van der Waals surface area contributed by atoms with Gasteiger partial charge >= 0.3 is 6.09 Å². The molecule has 2 amide bonds. The van der Waals surface area contributed by atoms with E-state index in [1.807, 2.05) is 33.8 Å². The van der Waals surface area contributed by atoms with Crippen molar-refractivity contribution < 1.29 is 19.1 Å². The SMILES string of the molecule is CC(=O)c1c(-c2ccc(C(=O)Nc3cc(C)ccn3)cc2)nc([C@@H]2CCCCN2C(=O)OC(C)(C)C)n1N. The third-order valence-corrected chi connectivity index (χ3v) is 6.28. The highest BCUT2D eigenvalue weighted by Crippen LogP contribution is 2.34. The van der Waals surface area contributed by atoms with E-state index in [4.69, 9.17) is 15.6 Å². The van der Waals surface area contributed by atoms with Crippen LogP contribution in [0.4, 0.5) is 10.6 Å². The molecule has 0 radical (unpaired) electrons. The number of nitrogens with zero attached hydrogens (tertiary/aromatic N) is 4. The Bertz CT molecular complexity index is 1360. The predicted octanol–water partition coefficient (Wildman–Crippen LogP) is 4.88. The van der Waals surface area contributed by atoms with Gasteiger partial charge in [-0.2, -0.15) is 0 Å². The third kappa shape index (κ3) is 5.85. The van der Waals surface area contributed by atoms with Crippen molar-refractivity contribution in [3.8, 4) is 11.3 Å². The van der Waals surface area contributed by atoms with Gasteiger partial charge in [-0.3, -0.25) is 14.5 Å². The number of carbonyl (C=O) groups is 3. The molecule has 1 atom stereocenters. The van der Waals surface area contributed by atoms with Crippen LogP contribution in [0.3, 0.4) is 0 Å². The van der Waals surface area contributed by atoms with Gasteiger partial charge in [0.05, 0.1) is 6.04 Å². The average Bonchev–Trinajstić information content (AvgIpc) is 3.20. The number of piperidine rings is 1. The Labute approximate surface area is 222 Å². The van der Waals surface area contributed by atoms with Crippen molar-refractivity contribution in [1.29, 1.82) is 0 Å². The maximum absolute atomic E-state index is 13.0. The number of amides is 2. The summed E-state index contributed by atoms with van der Waals surface area (Å²) in [5.74, 6) is 6.75. The number of carbonyl (C=O) groups excluding carboxylic acids is 3. The van der Waals surface area contributed by atoms with Crippen LogP contribution in [-0.2, 0) is 4.74 Å². The molecule has 38 heavy (non-hydrogen) atoms. The molecule has 1 aliphatic rings. The molecular formula is C28H34N6O4. The number of anilines is 1. The second kappa shape index (κ2) is 10.6. The van der Waals surface area contributed by atoms with E-state index in [9.17, 15) is 14.4 Å². The van der Waals surface area contributed by atoms with Gasteiger partial charge in [-0.15, -0.1) is 0 Å².